The highest BCUT2D eigenvalue weighted by Gasteiger charge is 2.24. The molecule has 0 radical (unpaired) electrons. The average Bonchev–Trinajstić information content (AvgIpc) is 3.20. The summed E-state index contributed by atoms with van der Waals surface area (Å²) in [6, 6.07) is 14.6. The molecule has 0 fully saturated rings. The number of nitrogens with two attached hydrogens (primary N) is 1. The molecule has 0 saturated carbocycles. The first-order valence-corrected chi connectivity index (χ1v) is 12.1. The SMILES string of the molecule is COc1ccc(CCn2c(N)c(-c3nc4ccc(Br)cc4c(=O)[nH]3)c3nc(C#N)c(C#N)nc32)cc1OC. The number of nitrogen functional groups attached to an aromatic ring is 1. The maximum Gasteiger partial charge on any atom is 0.259 e. The first-order valence-electron chi connectivity index (χ1n) is 11.3. The predicted molar refractivity (Wildman–Crippen MR) is 144 cm³/mol. The summed E-state index contributed by atoms with van der Waals surface area (Å²) < 4.78 is 13.2. The number of ether oxygens (including phenoxy) is 2. The third-order valence-corrected chi connectivity index (χ3v) is 6.60. The lowest BCUT2D eigenvalue weighted by Crippen LogP contribution is -2.11. The highest BCUT2D eigenvalue weighted by Crippen LogP contribution is 2.35. The number of H-pyrrole nitrogens is 1. The molecule has 188 valence electrons. The van der Waals surface area contributed by atoms with Gasteiger partial charge in [-0.25, -0.2) is 15.0 Å². The number of nitrogens with zero attached hydrogens (tertiary/aromatic N) is 6. The minimum Gasteiger partial charge on any atom is -0.493 e. The number of hydrogen-bond acceptors (Lipinski definition) is 9. The van der Waals surface area contributed by atoms with E-state index in [1.54, 1.807) is 37.0 Å². The molecule has 3 N–H and O–H groups in total. The Morgan fingerprint density at radius 1 is 1.03 bits per heavy atom. The van der Waals surface area contributed by atoms with E-state index in [9.17, 15) is 15.3 Å². The van der Waals surface area contributed by atoms with Crippen molar-refractivity contribution in [3.63, 3.8) is 0 Å². The molecule has 5 aromatic rings. The fourth-order valence-electron chi connectivity index (χ4n) is 4.27. The summed E-state index contributed by atoms with van der Waals surface area (Å²) in [5, 5.41) is 19.5. The summed E-state index contributed by atoms with van der Waals surface area (Å²) in [5.41, 5.74) is 8.26. The second-order valence-electron chi connectivity index (χ2n) is 8.24. The molecule has 0 unspecified atom stereocenters. The van der Waals surface area contributed by atoms with Crippen molar-refractivity contribution in [1.82, 2.24) is 24.5 Å². The molecule has 0 aliphatic rings. The third kappa shape index (κ3) is 4.17. The van der Waals surface area contributed by atoms with E-state index < -0.39 is 0 Å². The number of methoxy groups -OCH3 is 2. The number of benzene rings is 2. The van der Waals surface area contributed by atoms with Crippen molar-refractivity contribution >= 4 is 43.8 Å². The monoisotopic (exact) mass is 570 g/mol. The van der Waals surface area contributed by atoms with Gasteiger partial charge in [-0.3, -0.25) is 4.79 Å². The number of rotatable bonds is 6. The first kappa shape index (κ1) is 24.7. The van der Waals surface area contributed by atoms with Crippen molar-refractivity contribution < 1.29 is 9.47 Å². The molecule has 2 aromatic carbocycles. The van der Waals surface area contributed by atoms with E-state index in [0.717, 1.165) is 10.0 Å². The van der Waals surface area contributed by atoms with Crippen LogP contribution in [0.3, 0.4) is 0 Å². The topological polar surface area (TPSA) is 169 Å². The number of nitriles is 2. The fourth-order valence-corrected chi connectivity index (χ4v) is 4.64. The van der Waals surface area contributed by atoms with E-state index in [0.29, 0.717) is 46.6 Å². The maximum atomic E-state index is 12.9. The number of aromatic amines is 1. The normalized spacial score (nSPS) is 10.9. The van der Waals surface area contributed by atoms with E-state index in [1.165, 1.54) is 0 Å². The van der Waals surface area contributed by atoms with Crippen LogP contribution in [0.15, 0.2) is 45.7 Å². The smallest absolute Gasteiger partial charge is 0.259 e. The number of nitrogens with one attached hydrogen (secondary N) is 1. The Morgan fingerprint density at radius 2 is 1.76 bits per heavy atom. The summed E-state index contributed by atoms with van der Waals surface area (Å²) in [7, 11) is 3.13. The summed E-state index contributed by atoms with van der Waals surface area (Å²) >= 11 is 3.37. The number of aryl methyl sites for hydroxylation is 2. The zero-order valence-electron chi connectivity index (χ0n) is 20.2. The zero-order valence-corrected chi connectivity index (χ0v) is 21.8. The number of halogens is 1. The van der Waals surface area contributed by atoms with Crippen LogP contribution in [0.4, 0.5) is 5.82 Å². The molecule has 0 aliphatic heterocycles. The van der Waals surface area contributed by atoms with Crippen molar-refractivity contribution in [3.8, 4) is 35.0 Å². The van der Waals surface area contributed by atoms with Gasteiger partial charge in [-0.1, -0.05) is 22.0 Å². The van der Waals surface area contributed by atoms with Crippen LogP contribution in [0.5, 0.6) is 11.5 Å². The van der Waals surface area contributed by atoms with Gasteiger partial charge in [0.1, 0.15) is 29.3 Å². The summed E-state index contributed by atoms with van der Waals surface area (Å²) in [6.45, 7) is 0.355. The quantitative estimate of drug-likeness (QED) is 0.309. The second kappa shape index (κ2) is 9.84. The number of hydrogen-bond donors (Lipinski definition) is 2. The van der Waals surface area contributed by atoms with Crippen molar-refractivity contribution in [2.24, 2.45) is 0 Å². The Kier molecular flexibility index (Phi) is 6.41. The lowest BCUT2D eigenvalue weighted by atomic mass is 10.1. The van der Waals surface area contributed by atoms with Crippen LogP contribution in [0.25, 0.3) is 33.5 Å². The molecular formula is C26H19BrN8O3. The van der Waals surface area contributed by atoms with Crippen LogP contribution in [0.2, 0.25) is 0 Å². The summed E-state index contributed by atoms with van der Waals surface area (Å²) in [4.78, 5) is 29.1. The lowest BCUT2D eigenvalue weighted by molar-refractivity contribution is 0.354. The minimum absolute atomic E-state index is 0.124. The van der Waals surface area contributed by atoms with Gasteiger partial charge in [-0.2, -0.15) is 10.5 Å². The highest BCUT2D eigenvalue weighted by molar-refractivity contribution is 9.10. The molecule has 0 saturated heterocycles. The number of anilines is 1. The van der Waals surface area contributed by atoms with Gasteiger partial charge in [-0.05, 0) is 42.3 Å². The molecule has 11 nitrogen and oxygen atoms in total. The Labute approximate surface area is 224 Å². The molecule has 0 atom stereocenters. The molecule has 5 rings (SSSR count). The molecule has 38 heavy (non-hydrogen) atoms. The van der Waals surface area contributed by atoms with Gasteiger partial charge in [0.25, 0.3) is 5.56 Å². The molecule has 0 bridgehead atoms. The van der Waals surface area contributed by atoms with E-state index in [4.69, 9.17) is 15.2 Å². The lowest BCUT2D eigenvalue weighted by Gasteiger charge is -2.11. The van der Waals surface area contributed by atoms with Gasteiger partial charge >= 0.3 is 0 Å². The van der Waals surface area contributed by atoms with Gasteiger partial charge in [0.15, 0.2) is 28.5 Å². The molecule has 0 amide bonds. The summed E-state index contributed by atoms with van der Waals surface area (Å²) in [5.74, 6) is 1.61. The minimum atomic E-state index is -0.362. The Morgan fingerprint density at radius 3 is 2.47 bits per heavy atom. The number of aromatic nitrogens is 5. The Bertz CT molecular complexity index is 1880. The molecule has 3 heterocycles. The molecule has 0 spiro atoms. The van der Waals surface area contributed by atoms with Gasteiger partial charge in [0.05, 0.1) is 30.7 Å². The predicted octanol–water partition coefficient (Wildman–Crippen LogP) is 3.68. The number of fused-ring (bicyclic) bond motifs is 2. The van der Waals surface area contributed by atoms with E-state index in [2.05, 4.69) is 35.9 Å². The van der Waals surface area contributed by atoms with Gasteiger partial charge in [-0.15, -0.1) is 0 Å². The zero-order chi connectivity index (χ0) is 27.0. The van der Waals surface area contributed by atoms with Gasteiger partial charge < -0.3 is 24.8 Å². The van der Waals surface area contributed by atoms with Crippen LogP contribution >= 0.6 is 15.9 Å². The Balaban J connectivity index is 1.69. The standard InChI is InChI=1S/C26H19BrN8O3/c1-37-19-6-3-13(9-20(19)38-2)7-8-35-23(30)21(22-25(35)33-18(12-29)17(11-28)31-22)24-32-16-5-4-14(27)10-15(16)26(36)34-24/h3-6,9-10H,7-8,30H2,1-2H3,(H,32,34,36). The summed E-state index contributed by atoms with van der Waals surface area (Å²) in [6.07, 6.45) is 0.521. The third-order valence-electron chi connectivity index (χ3n) is 6.10. The fraction of sp³-hybridized carbons (Fsp3) is 0.154. The molecule has 3 aromatic heterocycles. The van der Waals surface area contributed by atoms with Crippen molar-refractivity contribution in [2.45, 2.75) is 13.0 Å². The molecular weight excluding hydrogens is 552 g/mol. The van der Waals surface area contributed by atoms with Crippen LogP contribution in [-0.2, 0) is 13.0 Å². The molecule has 12 heteroatoms. The van der Waals surface area contributed by atoms with Crippen LogP contribution in [0, 0.1) is 22.7 Å². The van der Waals surface area contributed by atoms with E-state index in [-0.39, 0.29) is 34.1 Å². The van der Waals surface area contributed by atoms with Gasteiger partial charge in [0.2, 0.25) is 0 Å². The largest absolute Gasteiger partial charge is 0.493 e. The average molecular weight is 571 g/mol. The first-order chi connectivity index (χ1) is 18.4. The van der Waals surface area contributed by atoms with Gasteiger partial charge in [0, 0.05) is 11.0 Å². The van der Waals surface area contributed by atoms with Crippen molar-refractivity contribution in [3.05, 3.63) is 68.2 Å². The van der Waals surface area contributed by atoms with E-state index >= 15 is 0 Å². The van der Waals surface area contributed by atoms with Crippen LogP contribution in [-0.4, -0.2) is 38.7 Å². The highest BCUT2D eigenvalue weighted by atomic mass is 79.9. The molecule has 0 aliphatic carbocycles. The van der Waals surface area contributed by atoms with Crippen LogP contribution < -0.4 is 20.8 Å². The maximum absolute atomic E-state index is 12.9. The second-order valence-corrected chi connectivity index (χ2v) is 9.16. The van der Waals surface area contributed by atoms with E-state index in [1.807, 2.05) is 30.3 Å². The Hall–Kier alpha value is -4.94. The van der Waals surface area contributed by atoms with Crippen molar-refractivity contribution in [1.29, 1.82) is 10.5 Å². The van der Waals surface area contributed by atoms with Crippen molar-refractivity contribution in [2.75, 3.05) is 20.0 Å². The van der Waals surface area contributed by atoms with Crippen LogP contribution in [0.1, 0.15) is 17.0 Å².